The van der Waals surface area contributed by atoms with Crippen LogP contribution in [0.3, 0.4) is 0 Å². The minimum Gasteiger partial charge on any atom is -0.462 e. The molecule has 0 amide bonds. The van der Waals surface area contributed by atoms with E-state index in [0.29, 0.717) is 6.42 Å². The second kappa shape index (κ2) is 39.1. The lowest BCUT2D eigenvalue weighted by molar-refractivity contribution is -0.150. The van der Waals surface area contributed by atoms with Gasteiger partial charge in [-0.3, -0.25) is 4.79 Å². The van der Waals surface area contributed by atoms with Crippen molar-refractivity contribution in [3.63, 3.8) is 0 Å². The molecule has 0 aromatic carbocycles. The average molecular weight is 722 g/mol. The van der Waals surface area contributed by atoms with E-state index in [1.807, 2.05) is 0 Å². The van der Waals surface area contributed by atoms with Gasteiger partial charge in [0.25, 0.3) is 0 Å². The second-order valence-corrected chi connectivity index (χ2v) is 16.5. The van der Waals surface area contributed by atoms with Gasteiger partial charge in [-0.25, -0.2) is 0 Å². The zero-order chi connectivity index (χ0) is 36.2. The molecule has 0 saturated heterocycles. The molecule has 1 saturated carbocycles. The summed E-state index contributed by atoms with van der Waals surface area (Å²) in [6.45, 7) is 10.2. The molecule has 51 heavy (non-hydrogen) atoms. The van der Waals surface area contributed by atoms with E-state index in [-0.39, 0.29) is 26.1 Å². The van der Waals surface area contributed by atoms with Crippen molar-refractivity contribution >= 4 is 5.97 Å². The molecule has 2 unspecified atom stereocenters. The minimum atomic E-state index is 0. The Kier molecular flexibility index (Phi) is 38.6. The van der Waals surface area contributed by atoms with Gasteiger partial charge in [0.2, 0.25) is 0 Å². The third-order valence-corrected chi connectivity index (χ3v) is 11.6. The highest BCUT2D eigenvalue weighted by molar-refractivity contribution is 5.69. The number of aliphatic hydroxyl groups excluding tert-OH is 1. The van der Waals surface area contributed by atoms with E-state index in [4.69, 9.17) is 4.74 Å². The molecule has 1 fully saturated rings. The Morgan fingerprint density at radius 2 is 0.902 bits per heavy atom. The normalized spacial score (nSPS) is 15.5. The third kappa shape index (κ3) is 33.7. The predicted molar refractivity (Wildman–Crippen MR) is 226 cm³/mol. The molecule has 4 heteroatoms. The van der Waals surface area contributed by atoms with Crippen LogP contribution in [0.5, 0.6) is 0 Å². The van der Waals surface area contributed by atoms with Crippen LogP contribution in [0.1, 0.15) is 253 Å². The summed E-state index contributed by atoms with van der Waals surface area (Å²) in [5.41, 5.74) is 0. The Bertz CT molecular complexity index is 683. The van der Waals surface area contributed by atoms with E-state index in [0.717, 1.165) is 57.2 Å². The van der Waals surface area contributed by atoms with Crippen molar-refractivity contribution in [3.8, 4) is 0 Å². The van der Waals surface area contributed by atoms with Gasteiger partial charge in [0.05, 0.1) is 6.61 Å². The summed E-state index contributed by atoms with van der Waals surface area (Å²) < 4.78 is 6.04. The summed E-state index contributed by atoms with van der Waals surface area (Å²) in [4.78, 5) is 15.2. The molecule has 0 spiro atoms. The second-order valence-electron chi connectivity index (χ2n) is 16.5. The number of unbranched alkanes of at least 4 members (excludes halogenated alkanes) is 24. The highest BCUT2D eigenvalue weighted by Gasteiger charge is 2.35. The molecule has 306 valence electrons. The fraction of sp³-hybridized carbons (Fsp3) is 0.979. The zero-order valence-corrected chi connectivity index (χ0v) is 34.5. The maximum atomic E-state index is 12.7. The van der Waals surface area contributed by atoms with Gasteiger partial charge in [-0.1, -0.05) is 195 Å². The standard InChI is InChI=1S/C46H91NO3.CH4/c1-4-7-10-13-19-26-33-43-42-44(43)34-27-20-16-17-24-31-38-47(40-41-48)39-32-25-18-23-30-37-46(49)50-45(35-28-21-14-11-8-5-2)36-29-22-15-12-9-6-3;/h43-45,48H,4-42H2,1-3H3;1H4. The van der Waals surface area contributed by atoms with Crippen LogP contribution in [-0.4, -0.2) is 48.3 Å². The topological polar surface area (TPSA) is 49.8 Å². The van der Waals surface area contributed by atoms with Crippen LogP contribution in [0, 0.1) is 11.8 Å². The Morgan fingerprint density at radius 3 is 1.33 bits per heavy atom. The van der Waals surface area contributed by atoms with Gasteiger partial charge >= 0.3 is 5.97 Å². The lowest BCUT2D eigenvalue weighted by Gasteiger charge is -2.21. The minimum absolute atomic E-state index is 0. The number of hydrogen-bond donors (Lipinski definition) is 1. The first-order valence-electron chi connectivity index (χ1n) is 23.2. The van der Waals surface area contributed by atoms with Crippen LogP contribution in [0.15, 0.2) is 0 Å². The molecule has 0 heterocycles. The highest BCUT2D eigenvalue weighted by atomic mass is 16.5. The van der Waals surface area contributed by atoms with Crippen molar-refractivity contribution in [2.24, 2.45) is 11.8 Å². The van der Waals surface area contributed by atoms with E-state index in [2.05, 4.69) is 25.7 Å². The van der Waals surface area contributed by atoms with Crippen molar-refractivity contribution in [3.05, 3.63) is 0 Å². The summed E-state index contributed by atoms with van der Waals surface area (Å²) in [6, 6.07) is 0. The Balaban J connectivity index is 0.0000250. The molecule has 0 bridgehead atoms. The Hall–Kier alpha value is -0.610. The van der Waals surface area contributed by atoms with E-state index < -0.39 is 0 Å². The van der Waals surface area contributed by atoms with E-state index in [1.54, 1.807) is 0 Å². The first kappa shape index (κ1) is 50.4. The smallest absolute Gasteiger partial charge is 0.306 e. The largest absolute Gasteiger partial charge is 0.462 e. The number of carbonyl (C=O) groups is 1. The fourth-order valence-electron chi connectivity index (χ4n) is 8.08. The maximum Gasteiger partial charge on any atom is 0.306 e. The summed E-state index contributed by atoms with van der Waals surface area (Å²) in [6.07, 6.45) is 45.5. The average Bonchev–Trinajstić information content (AvgIpc) is 3.87. The van der Waals surface area contributed by atoms with Gasteiger partial charge in [-0.15, -0.1) is 0 Å². The third-order valence-electron chi connectivity index (χ3n) is 11.6. The number of rotatable bonds is 41. The lowest BCUT2D eigenvalue weighted by Crippen LogP contribution is -2.29. The van der Waals surface area contributed by atoms with Gasteiger partial charge in [0.1, 0.15) is 6.10 Å². The van der Waals surface area contributed by atoms with Crippen molar-refractivity contribution in [1.29, 1.82) is 0 Å². The van der Waals surface area contributed by atoms with E-state index >= 15 is 0 Å². The number of ether oxygens (including phenoxy) is 1. The van der Waals surface area contributed by atoms with E-state index in [9.17, 15) is 9.90 Å². The van der Waals surface area contributed by atoms with Gasteiger partial charge in [0, 0.05) is 13.0 Å². The molecule has 1 rings (SSSR count). The SMILES string of the molecule is C.CCCCCCCCC(CCCCCCCC)OC(=O)CCCCCCCN(CCO)CCCCCCCCC1CC1CCCCCCCC. The molecule has 0 aliphatic heterocycles. The van der Waals surface area contributed by atoms with E-state index in [1.165, 1.54) is 193 Å². The number of aliphatic hydroxyl groups is 1. The molecule has 1 aliphatic carbocycles. The van der Waals surface area contributed by atoms with Gasteiger partial charge in [0.15, 0.2) is 0 Å². The summed E-state index contributed by atoms with van der Waals surface area (Å²) in [5, 5.41) is 9.58. The van der Waals surface area contributed by atoms with Crippen LogP contribution in [0.2, 0.25) is 0 Å². The Labute approximate surface area is 321 Å². The van der Waals surface area contributed by atoms with Crippen molar-refractivity contribution < 1.29 is 14.6 Å². The molecular weight excluding hydrogens is 627 g/mol. The van der Waals surface area contributed by atoms with Crippen LogP contribution >= 0.6 is 0 Å². The lowest BCUT2D eigenvalue weighted by atomic mass is 10.0. The Morgan fingerprint density at radius 1 is 0.529 bits per heavy atom. The molecule has 1 N–H and O–H groups in total. The number of esters is 1. The number of carbonyl (C=O) groups excluding carboxylic acids is 1. The van der Waals surface area contributed by atoms with Gasteiger partial charge in [-0.05, 0) is 76.3 Å². The van der Waals surface area contributed by atoms with Crippen LogP contribution < -0.4 is 0 Å². The van der Waals surface area contributed by atoms with Crippen molar-refractivity contribution in [2.75, 3.05) is 26.2 Å². The van der Waals surface area contributed by atoms with Crippen LogP contribution in [-0.2, 0) is 9.53 Å². The molecule has 0 aromatic heterocycles. The molecule has 0 radical (unpaired) electrons. The molecule has 4 nitrogen and oxygen atoms in total. The maximum absolute atomic E-state index is 12.7. The quantitative estimate of drug-likeness (QED) is 0.0504. The fourth-order valence-corrected chi connectivity index (χ4v) is 8.08. The van der Waals surface area contributed by atoms with Gasteiger partial charge < -0.3 is 14.7 Å². The first-order chi connectivity index (χ1) is 24.6. The molecule has 2 atom stereocenters. The number of hydrogen-bond acceptors (Lipinski definition) is 4. The van der Waals surface area contributed by atoms with Crippen molar-refractivity contribution in [1.82, 2.24) is 4.90 Å². The van der Waals surface area contributed by atoms with Crippen LogP contribution in [0.4, 0.5) is 0 Å². The molecular formula is C47H95NO3. The van der Waals surface area contributed by atoms with Crippen molar-refractivity contribution in [2.45, 2.75) is 259 Å². The first-order valence-corrected chi connectivity index (χ1v) is 23.2. The summed E-state index contributed by atoms with van der Waals surface area (Å²) in [7, 11) is 0. The molecule has 1 aliphatic rings. The van der Waals surface area contributed by atoms with Gasteiger partial charge in [-0.2, -0.15) is 0 Å². The number of nitrogens with zero attached hydrogens (tertiary/aromatic N) is 1. The molecule has 0 aromatic rings. The predicted octanol–water partition coefficient (Wildman–Crippen LogP) is 14.8. The highest BCUT2D eigenvalue weighted by Crippen LogP contribution is 2.45. The van der Waals surface area contributed by atoms with Crippen LogP contribution in [0.25, 0.3) is 0 Å². The summed E-state index contributed by atoms with van der Waals surface area (Å²) in [5.74, 6) is 2.20. The summed E-state index contributed by atoms with van der Waals surface area (Å²) >= 11 is 0. The monoisotopic (exact) mass is 722 g/mol. The zero-order valence-electron chi connectivity index (χ0n) is 34.5.